The Hall–Kier alpha value is -7.30. The van der Waals surface area contributed by atoms with Gasteiger partial charge < -0.3 is 14.4 Å². The molecule has 4 aliphatic rings. The van der Waals surface area contributed by atoms with E-state index in [2.05, 4.69) is 253 Å². The molecule has 0 amide bonds. The van der Waals surface area contributed by atoms with Crippen molar-refractivity contribution in [3.05, 3.63) is 226 Å². The van der Waals surface area contributed by atoms with Crippen LogP contribution in [0.4, 0.5) is 28.4 Å². The Balaban J connectivity index is 1.11. The van der Waals surface area contributed by atoms with E-state index >= 15 is 0 Å². The molecule has 2 unspecified atom stereocenters. The summed E-state index contributed by atoms with van der Waals surface area (Å²) in [5.74, 6) is 0.453. The smallest absolute Gasteiger partial charge is 0.222 e. The van der Waals surface area contributed by atoms with Crippen molar-refractivity contribution in [1.82, 2.24) is 4.57 Å². The summed E-state index contributed by atoms with van der Waals surface area (Å²) in [7, 11) is 0. The van der Waals surface area contributed by atoms with Gasteiger partial charge in [0.25, 0.3) is 0 Å². The molecule has 13 rings (SSSR count). The van der Waals surface area contributed by atoms with Gasteiger partial charge in [-0.05, 0) is 187 Å². The molecule has 0 radical (unpaired) electrons. The van der Waals surface area contributed by atoms with E-state index in [0.717, 1.165) is 25.7 Å². The Morgan fingerprint density at radius 3 is 1.68 bits per heavy atom. The lowest BCUT2D eigenvalue weighted by Gasteiger charge is -2.47. The zero-order chi connectivity index (χ0) is 50.1. The lowest BCUT2D eigenvalue weighted by molar-refractivity contribution is 0.590. The molecule has 1 aliphatic carbocycles. The molecular weight excluding hydrogens is 882 g/mol. The van der Waals surface area contributed by atoms with Gasteiger partial charge in [-0.3, -0.25) is 0 Å². The molecule has 4 heterocycles. The third-order valence-corrected chi connectivity index (χ3v) is 17.1. The van der Waals surface area contributed by atoms with Crippen LogP contribution in [0.5, 0.6) is 0 Å². The number of hydrogen-bond donors (Lipinski definition) is 0. The topological polar surface area (TPSA) is 11.4 Å². The highest BCUT2D eigenvalue weighted by atomic mass is 15.2. The first kappa shape index (κ1) is 45.6. The zero-order valence-electron chi connectivity index (χ0n) is 44.1. The van der Waals surface area contributed by atoms with Crippen molar-refractivity contribution in [1.29, 1.82) is 0 Å². The summed E-state index contributed by atoms with van der Waals surface area (Å²) >= 11 is 0. The first-order valence-electron chi connectivity index (χ1n) is 26.9. The van der Waals surface area contributed by atoms with Crippen LogP contribution < -0.4 is 20.7 Å². The van der Waals surface area contributed by atoms with Crippen LogP contribution in [0.1, 0.15) is 92.5 Å². The second-order valence-corrected chi connectivity index (χ2v) is 23.9. The fourth-order valence-corrected chi connectivity index (χ4v) is 13.4. The summed E-state index contributed by atoms with van der Waals surface area (Å²) in [5.41, 5.74) is 28.3. The standard InChI is InChI=1S/C69H66BN3/c1-43-21-29-52(30-22-43)71(53-31-23-44(2)24-32-53)56-38-47-17-14-16-46-15-10-11-18-58(46)60-42-61-59-19-12-13-20-62(59)73-63-41-57(40-49-37-48(39-56)65(47)70(66(49)63)64(45(60)3)67(61)73)72(54-33-25-50(26-34-54)68(4,5)6)55-35-27-51(28-36-55)69(7,8)9/h10-13,15,18-36,38-42,49,66H,14,16-17,37H2,1-9H3. The van der Waals surface area contributed by atoms with Crippen LogP contribution in [0.3, 0.4) is 0 Å². The molecular formula is C69H66BN3. The predicted molar refractivity (Wildman–Crippen MR) is 313 cm³/mol. The van der Waals surface area contributed by atoms with Crippen molar-refractivity contribution < 1.29 is 0 Å². The molecule has 3 nitrogen and oxygen atoms in total. The largest absolute Gasteiger partial charge is 0.314 e. The number of para-hydroxylation sites is 1. The van der Waals surface area contributed by atoms with Crippen molar-refractivity contribution in [2.75, 3.05) is 9.80 Å². The molecule has 0 saturated heterocycles. The number of benzene rings is 8. The molecule has 0 spiro atoms. The Bertz CT molecular complexity index is 3620. The second kappa shape index (κ2) is 16.9. The quantitative estimate of drug-likeness (QED) is 0.154. The Kier molecular flexibility index (Phi) is 10.5. The highest BCUT2D eigenvalue weighted by molar-refractivity contribution is 6.91. The van der Waals surface area contributed by atoms with Gasteiger partial charge in [0.05, 0.1) is 5.52 Å². The fraction of sp³-hybridized carbons (Fsp3) is 0.246. The normalized spacial score (nSPS) is 16.8. The lowest BCUT2D eigenvalue weighted by atomic mass is 9.25. The number of aryl methyl sites for hydroxylation is 4. The first-order chi connectivity index (χ1) is 35.2. The maximum absolute atomic E-state index is 2.72. The van der Waals surface area contributed by atoms with Crippen LogP contribution in [-0.2, 0) is 30.1 Å². The fourth-order valence-electron chi connectivity index (χ4n) is 13.4. The van der Waals surface area contributed by atoms with Crippen molar-refractivity contribution in [2.24, 2.45) is 5.92 Å². The van der Waals surface area contributed by atoms with E-state index in [4.69, 9.17) is 0 Å². The van der Waals surface area contributed by atoms with Crippen LogP contribution in [0.15, 0.2) is 182 Å². The second-order valence-electron chi connectivity index (χ2n) is 23.9. The molecule has 0 fully saturated rings. The van der Waals surface area contributed by atoms with Gasteiger partial charge in [-0.1, -0.05) is 166 Å². The van der Waals surface area contributed by atoms with Gasteiger partial charge in [0.1, 0.15) is 0 Å². The summed E-state index contributed by atoms with van der Waals surface area (Å²) in [6.07, 6.45) is 9.36. The first-order valence-corrected chi connectivity index (χ1v) is 26.9. The third kappa shape index (κ3) is 7.46. The van der Waals surface area contributed by atoms with E-state index in [9.17, 15) is 0 Å². The van der Waals surface area contributed by atoms with Crippen molar-refractivity contribution in [3.63, 3.8) is 0 Å². The Labute approximate surface area is 433 Å². The monoisotopic (exact) mass is 948 g/mol. The van der Waals surface area contributed by atoms with Gasteiger partial charge in [0.2, 0.25) is 6.71 Å². The van der Waals surface area contributed by atoms with Gasteiger partial charge in [-0.25, -0.2) is 0 Å². The highest BCUT2D eigenvalue weighted by Gasteiger charge is 2.50. The molecule has 0 N–H and O–H groups in total. The van der Waals surface area contributed by atoms with E-state index in [1.54, 1.807) is 5.46 Å². The summed E-state index contributed by atoms with van der Waals surface area (Å²) in [6, 6.07) is 63.4. The van der Waals surface area contributed by atoms with E-state index in [0.29, 0.717) is 0 Å². The minimum Gasteiger partial charge on any atom is -0.314 e. The van der Waals surface area contributed by atoms with E-state index in [1.807, 2.05) is 0 Å². The average Bonchev–Trinajstić information content (AvgIpc) is 3.70. The third-order valence-electron chi connectivity index (χ3n) is 17.1. The summed E-state index contributed by atoms with van der Waals surface area (Å²) in [5, 5.41) is 2.68. The van der Waals surface area contributed by atoms with E-state index < -0.39 is 0 Å². The molecule has 73 heavy (non-hydrogen) atoms. The van der Waals surface area contributed by atoms with Gasteiger partial charge >= 0.3 is 0 Å². The molecule has 2 bridgehead atoms. The lowest BCUT2D eigenvalue weighted by Crippen LogP contribution is -2.58. The Morgan fingerprint density at radius 2 is 1.05 bits per heavy atom. The van der Waals surface area contributed by atoms with Gasteiger partial charge in [0, 0.05) is 56.1 Å². The van der Waals surface area contributed by atoms with Crippen LogP contribution in [0, 0.1) is 26.7 Å². The molecule has 2 atom stereocenters. The molecule has 4 heteroatoms. The van der Waals surface area contributed by atoms with Crippen molar-refractivity contribution in [2.45, 2.75) is 105 Å². The highest BCUT2D eigenvalue weighted by Crippen LogP contribution is 2.53. The summed E-state index contributed by atoms with van der Waals surface area (Å²) in [4.78, 5) is 5.07. The van der Waals surface area contributed by atoms with Gasteiger partial charge in [-0.15, -0.1) is 0 Å². The predicted octanol–water partition coefficient (Wildman–Crippen LogP) is 16.7. The zero-order valence-corrected chi connectivity index (χ0v) is 44.1. The number of aromatic nitrogens is 1. The molecule has 0 saturated carbocycles. The van der Waals surface area contributed by atoms with Crippen LogP contribution >= 0.6 is 0 Å². The SMILES string of the molecule is Cc1ccc(N(c2ccc(C)cc2)c2cc3c4c(c2)CC2C=C(N(c5ccc(C(C)(C)C)cc5)c5ccc(C(C)(C)C)cc5)C=C5C2B4c2c(C)c(cc4c6ccccc6n5c24)-c2ccccc2CCC3)cc1. The summed E-state index contributed by atoms with van der Waals surface area (Å²) in [6.45, 7) is 20.9. The number of allylic oxidation sites excluding steroid dienone is 3. The number of hydrogen-bond acceptors (Lipinski definition) is 2. The van der Waals surface area contributed by atoms with Crippen LogP contribution in [0.25, 0.3) is 38.6 Å². The molecule has 9 aromatic rings. The molecule has 8 aromatic carbocycles. The average molecular weight is 948 g/mol. The molecule has 360 valence electrons. The maximum Gasteiger partial charge on any atom is 0.222 e. The number of rotatable bonds is 6. The minimum absolute atomic E-state index is 0.0453. The van der Waals surface area contributed by atoms with Gasteiger partial charge in [-0.2, -0.15) is 0 Å². The minimum atomic E-state index is 0.0453. The van der Waals surface area contributed by atoms with Crippen molar-refractivity contribution >= 4 is 73.6 Å². The number of anilines is 5. The number of fused-ring (bicyclic) bond motifs is 7. The maximum atomic E-state index is 2.72. The number of nitrogens with zero attached hydrogens (tertiary/aromatic N) is 3. The van der Waals surface area contributed by atoms with Crippen LogP contribution in [0.2, 0.25) is 5.82 Å². The van der Waals surface area contributed by atoms with E-state index in [-0.39, 0.29) is 29.3 Å². The van der Waals surface area contributed by atoms with Crippen molar-refractivity contribution in [3.8, 4) is 11.1 Å². The Morgan fingerprint density at radius 1 is 0.507 bits per heavy atom. The van der Waals surface area contributed by atoms with Crippen LogP contribution in [-0.4, -0.2) is 11.3 Å². The molecule has 3 aliphatic heterocycles. The summed E-state index contributed by atoms with van der Waals surface area (Å²) < 4.78 is 2.72. The van der Waals surface area contributed by atoms with E-state index in [1.165, 1.54) is 123 Å². The van der Waals surface area contributed by atoms with Gasteiger partial charge in [0.15, 0.2) is 0 Å². The molecule has 1 aromatic heterocycles.